The van der Waals surface area contributed by atoms with Crippen molar-refractivity contribution in [1.29, 1.82) is 0 Å². The van der Waals surface area contributed by atoms with Gasteiger partial charge in [0.15, 0.2) is 5.78 Å². The Labute approximate surface area is 154 Å². The van der Waals surface area contributed by atoms with E-state index in [1.54, 1.807) is 0 Å². The number of hydrogen-bond acceptors (Lipinski definition) is 2. The molecule has 0 bridgehead atoms. The van der Waals surface area contributed by atoms with E-state index in [9.17, 15) is 4.79 Å². The lowest BCUT2D eigenvalue weighted by atomic mass is 9.89. The van der Waals surface area contributed by atoms with Crippen LogP contribution in [0.5, 0.6) is 0 Å². The topological polar surface area (TPSA) is 20.3 Å². The first kappa shape index (κ1) is 16.3. The minimum atomic E-state index is -0.00609. The third-order valence-electron chi connectivity index (χ3n) is 4.95. The number of allylic oxidation sites excluding steroid dienone is 1. The molecule has 0 aromatic heterocycles. The maximum Gasteiger partial charge on any atom is 0.190 e. The molecule has 0 radical (unpaired) electrons. The van der Waals surface area contributed by atoms with Crippen LogP contribution in [0, 0.1) is 0 Å². The van der Waals surface area contributed by atoms with E-state index < -0.39 is 0 Å². The van der Waals surface area contributed by atoms with Crippen molar-refractivity contribution in [3.8, 4) is 0 Å². The fraction of sp³-hybridized carbons (Fsp3) is 0.125. The Morgan fingerprint density at radius 2 is 1.46 bits per heavy atom. The second-order valence-corrected chi connectivity index (χ2v) is 6.85. The SMILES string of the molecule is CN(C)c1ccc(C=C2C(=O)c3ccccc3C2c2ccccc2)cc1. The number of rotatable bonds is 3. The highest BCUT2D eigenvalue weighted by molar-refractivity contribution is 6.17. The van der Waals surface area contributed by atoms with Crippen LogP contribution in [0.15, 0.2) is 84.4 Å². The van der Waals surface area contributed by atoms with Crippen molar-refractivity contribution in [2.75, 3.05) is 19.0 Å². The maximum atomic E-state index is 13.1. The van der Waals surface area contributed by atoms with Gasteiger partial charge in [-0.25, -0.2) is 0 Å². The second-order valence-electron chi connectivity index (χ2n) is 6.85. The Hall–Kier alpha value is -3.13. The van der Waals surface area contributed by atoms with E-state index in [2.05, 4.69) is 47.4 Å². The lowest BCUT2D eigenvalue weighted by Crippen LogP contribution is -2.08. The molecule has 0 saturated heterocycles. The summed E-state index contributed by atoms with van der Waals surface area (Å²) in [6.07, 6.45) is 2.04. The van der Waals surface area contributed by atoms with Crippen molar-refractivity contribution in [3.63, 3.8) is 0 Å². The number of anilines is 1. The third kappa shape index (κ3) is 2.84. The highest BCUT2D eigenvalue weighted by Gasteiger charge is 2.35. The molecule has 0 saturated carbocycles. The van der Waals surface area contributed by atoms with Crippen molar-refractivity contribution in [3.05, 3.63) is 107 Å². The second kappa shape index (κ2) is 6.64. The minimum Gasteiger partial charge on any atom is -0.378 e. The van der Waals surface area contributed by atoms with Gasteiger partial charge in [0.1, 0.15) is 0 Å². The van der Waals surface area contributed by atoms with Crippen LogP contribution in [-0.2, 0) is 0 Å². The van der Waals surface area contributed by atoms with Gasteiger partial charge in [0.2, 0.25) is 0 Å². The van der Waals surface area contributed by atoms with Gasteiger partial charge in [0.25, 0.3) is 0 Å². The van der Waals surface area contributed by atoms with Crippen LogP contribution in [0.4, 0.5) is 5.69 Å². The zero-order chi connectivity index (χ0) is 18.1. The van der Waals surface area contributed by atoms with Crippen molar-refractivity contribution >= 4 is 17.5 Å². The first-order valence-electron chi connectivity index (χ1n) is 8.82. The third-order valence-corrected chi connectivity index (χ3v) is 4.95. The molecule has 0 heterocycles. The molecule has 1 unspecified atom stereocenters. The summed E-state index contributed by atoms with van der Waals surface area (Å²) in [6, 6.07) is 26.5. The van der Waals surface area contributed by atoms with E-state index in [-0.39, 0.29) is 11.7 Å². The van der Waals surface area contributed by atoms with E-state index in [1.807, 2.05) is 56.6 Å². The van der Waals surface area contributed by atoms with Crippen LogP contribution in [0.3, 0.4) is 0 Å². The summed E-state index contributed by atoms with van der Waals surface area (Å²) in [5, 5.41) is 0. The zero-order valence-corrected chi connectivity index (χ0v) is 15.0. The van der Waals surface area contributed by atoms with Gasteiger partial charge in [-0.1, -0.05) is 66.7 Å². The first-order valence-corrected chi connectivity index (χ1v) is 8.82. The lowest BCUT2D eigenvalue weighted by Gasteiger charge is -2.14. The number of benzene rings is 3. The quantitative estimate of drug-likeness (QED) is 0.614. The molecule has 3 aromatic carbocycles. The van der Waals surface area contributed by atoms with Crippen LogP contribution >= 0.6 is 0 Å². The van der Waals surface area contributed by atoms with Gasteiger partial charge >= 0.3 is 0 Å². The Morgan fingerprint density at radius 1 is 0.808 bits per heavy atom. The van der Waals surface area contributed by atoms with E-state index in [1.165, 1.54) is 0 Å². The number of nitrogens with zero attached hydrogens (tertiary/aromatic N) is 1. The largest absolute Gasteiger partial charge is 0.378 e. The lowest BCUT2D eigenvalue weighted by molar-refractivity contribution is 0.103. The van der Waals surface area contributed by atoms with Gasteiger partial charge < -0.3 is 4.90 Å². The van der Waals surface area contributed by atoms with E-state index in [0.717, 1.165) is 33.5 Å². The summed E-state index contributed by atoms with van der Waals surface area (Å²) >= 11 is 0. The highest BCUT2D eigenvalue weighted by Crippen LogP contribution is 2.42. The molecule has 0 amide bonds. The van der Waals surface area contributed by atoms with E-state index in [4.69, 9.17) is 0 Å². The van der Waals surface area contributed by atoms with Crippen molar-refractivity contribution in [2.45, 2.75) is 5.92 Å². The van der Waals surface area contributed by atoms with Crippen LogP contribution < -0.4 is 4.90 Å². The molecule has 4 rings (SSSR count). The number of ketones is 1. The molecule has 2 heteroatoms. The number of fused-ring (bicyclic) bond motifs is 1. The van der Waals surface area contributed by atoms with Crippen LogP contribution in [-0.4, -0.2) is 19.9 Å². The molecular weight excluding hydrogens is 318 g/mol. The van der Waals surface area contributed by atoms with Gasteiger partial charge in [-0.15, -0.1) is 0 Å². The average molecular weight is 339 g/mol. The Balaban J connectivity index is 1.82. The number of hydrogen-bond donors (Lipinski definition) is 0. The minimum absolute atomic E-state index is 0.00609. The molecule has 1 aliphatic carbocycles. The predicted octanol–water partition coefficient (Wildman–Crippen LogP) is 5.16. The van der Waals surface area contributed by atoms with Crippen molar-refractivity contribution < 1.29 is 4.79 Å². The maximum absolute atomic E-state index is 13.1. The first-order chi connectivity index (χ1) is 12.6. The molecule has 1 aliphatic rings. The summed E-state index contributed by atoms with van der Waals surface area (Å²) in [5.41, 5.74) is 6.11. The number of carbonyl (C=O) groups is 1. The summed E-state index contributed by atoms with van der Waals surface area (Å²) in [4.78, 5) is 15.2. The Morgan fingerprint density at radius 3 is 2.15 bits per heavy atom. The highest BCUT2D eigenvalue weighted by atomic mass is 16.1. The summed E-state index contributed by atoms with van der Waals surface area (Å²) in [7, 11) is 4.05. The normalized spacial score (nSPS) is 17.4. The van der Waals surface area contributed by atoms with Crippen LogP contribution in [0.1, 0.15) is 33.0 Å². The van der Waals surface area contributed by atoms with Crippen molar-refractivity contribution in [2.24, 2.45) is 0 Å². The number of carbonyl (C=O) groups excluding carboxylic acids is 1. The summed E-state index contributed by atoms with van der Waals surface area (Å²) < 4.78 is 0. The molecule has 0 spiro atoms. The predicted molar refractivity (Wildman–Crippen MR) is 108 cm³/mol. The van der Waals surface area contributed by atoms with Gasteiger partial charge in [0.05, 0.1) is 0 Å². The Kier molecular flexibility index (Phi) is 4.18. The van der Waals surface area contributed by atoms with Crippen LogP contribution in [0.2, 0.25) is 0 Å². The molecule has 2 nitrogen and oxygen atoms in total. The summed E-state index contributed by atoms with van der Waals surface area (Å²) in [5.74, 6) is 0.125. The van der Waals surface area contributed by atoms with Gasteiger partial charge in [0, 0.05) is 36.8 Å². The van der Waals surface area contributed by atoms with Gasteiger partial charge in [-0.2, -0.15) is 0 Å². The monoisotopic (exact) mass is 339 g/mol. The van der Waals surface area contributed by atoms with Crippen molar-refractivity contribution in [1.82, 2.24) is 0 Å². The molecule has 1 atom stereocenters. The fourth-order valence-corrected chi connectivity index (χ4v) is 3.61. The average Bonchev–Trinajstić information content (AvgIpc) is 2.95. The molecular formula is C24H21NO. The number of Topliss-reactive ketones (excluding diaryl/α,β-unsaturated/α-hetero) is 1. The molecule has 0 N–H and O–H groups in total. The molecule has 0 fully saturated rings. The molecule has 0 aliphatic heterocycles. The summed E-state index contributed by atoms with van der Waals surface area (Å²) in [6.45, 7) is 0. The van der Waals surface area contributed by atoms with Gasteiger partial charge in [-0.05, 0) is 34.9 Å². The molecule has 128 valence electrons. The fourth-order valence-electron chi connectivity index (χ4n) is 3.61. The molecule has 26 heavy (non-hydrogen) atoms. The Bertz CT molecular complexity index is 969. The van der Waals surface area contributed by atoms with Gasteiger partial charge in [-0.3, -0.25) is 4.79 Å². The van der Waals surface area contributed by atoms with Crippen LogP contribution in [0.25, 0.3) is 6.08 Å². The smallest absolute Gasteiger partial charge is 0.190 e. The standard InChI is InChI=1S/C24H21NO/c1-25(2)19-14-12-17(13-15-19)16-22-23(18-8-4-3-5-9-18)20-10-6-7-11-21(20)24(22)26/h3-16,23H,1-2H3. The van der Waals surface area contributed by atoms with E-state index >= 15 is 0 Å². The van der Waals surface area contributed by atoms with E-state index in [0.29, 0.717) is 0 Å². The molecule has 3 aromatic rings. The zero-order valence-electron chi connectivity index (χ0n) is 15.0.